The van der Waals surface area contributed by atoms with Crippen LogP contribution in [0.15, 0.2) is 35.5 Å². The maximum Gasteiger partial charge on any atom is -0.0247 e. The van der Waals surface area contributed by atoms with Gasteiger partial charge in [0.05, 0.1) is 0 Å². The SMILES string of the molecule is C=C(C)C1=C(C)CCC=C1. The molecule has 10 heavy (non-hydrogen) atoms. The lowest BCUT2D eigenvalue weighted by Crippen LogP contribution is -1.91. The summed E-state index contributed by atoms with van der Waals surface area (Å²) in [6, 6.07) is 0. The Labute approximate surface area is 62.9 Å². The molecule has 0 aromatic carbocycles. The molecule has 0 aliphatic heterocycles. The first-order valence-electron chi connectivity index (χ1n) is 3.74. The van der Waals surface area contributed by atoms with E-state index in [1.165, 1.54) is 29.6 Å². The Hall–Kier alpha value is -0.780. The Bertz CT molecular complexity index is 204. The third-order valence-corrected chi connectivity index (χ3v) is 1.89. The van der Waals surface area contributed by atoms with Crippen LogP contribution in [-0.2, 0) is 0 Å². The van der Waals surface area contributed by atoms with E-state index in [4.69, 9.17) is 0 Å². The van der Waals surface area contributed by atoms with E-state index in [-0.39, 0.29) is 0 Å². The van der Waals surface area contributed by atoms with Crippen LogP contribution in [0, 0.1) is 0 Å². The molecule has 1 rings (SSSR count). The maximum absolute atomic E-state index is 3.92. The van der Waals surface area contributed by atoms with Crippen molar-refractivity contribution in [2.75, 3.05) is 0 Å². The highest BCUT2D eigenvalue weighted by Crippen LogP contribution is 2.22. The van der Waals surface area contributed by atoms with Gasteiger partial charge in [-0.25, -0.2) is 0 Å². The van der Waals surface area contributed by atoms with Gasteiger partial charge in [-0.3, -0.25) is 0 Å². The van der Waals surface area contributed by atoms with Crippen LogP contribution in [0.1, 0.15) is 26.7 Å². The molecule has 0 aromatic rings. The summed E-state index contributed by atoms with van der Waals surface area (Å²) in [4.78, 5) is 0. The van der Waals surface area contributed by atoms with Crippen molar-refractivity contribution in [2.24, 2.45) is 0 Å². The van der Waals surface area contributed by atoms with Gasteiger partial charge in [-0.05, 0) is 32.3 Å². The first kappa shape index (κ1) is 7.33. The van der Waals surface area contributed by atoms with Gasteiger partial charge in [0.25, 0.3) is 0 Å². The second kappa shape index (κ2) is 2.87. The molecule has 0 saturated carbocycles. The Morgan fingerprint density at radius 2 is 2.30 bits per heavy atom. The lowest BCUT2D eigenvalue weighted by molar-refractivity contribution is 0.942. The molecule has 0 radical (unpaired) electrons. The summed E-state index contributed by atoms with van der Waals surface area (Å²) < 4.78 is 0. The van der Waals surface area contributed by atoms with Crippen LogP contribution in [0.3, 0.4) is 0 Å². The average Bonchev–Trinajstić information content (AvgIpc) is 1.88. The predicted molar refractivity (Wildman–Crippen MR) is 45.9 cm³/mol. The van der Waals surface area contributed by atoms with Gasteiger partial charge in [0.15, 0.2) is 0 Å². The highest BCUT2D eigenvalue weighted by atomic mass is 14.1. The van der Waals surface area contributed by atoms with Gasteiger partial charge >= 0.3 is 0 Å². The van der Waals surface area contributed by atoms with E-state index < -0.39 is 0 Å². The summed E-state index contributed by atoms with van der Waals surface area (Å²) in [5, 5.41) is 0. The number of rotatable bonds is 1. The zero-order chi connectivity index (χ0) is 7.56. The monoisotopic (exact) mass is 134 g/mol. The van der Waals surface area contributed by atoms with Gasteiger partial charge in [-0.2, -0.15) is 0 Å². The first-order chi connectivity index (χ1) is 4.72. The predicted octanol–water partition coefficient (Wildman–Crippen LogP) is 3.23. The maximum atomic E-state index is 3.92. The second-order valence-electron chi connectivity index (χ2n) is 2.92. The molecule has 0 heterocycles. The van der Waals surface area contributed by atoms with Crippen molar-refractivity contribution in [3.8, 4) is 0 Å². The van der Waals surface area contributed by atoms with E-state index in [9.17, 15) is 0 Å². The molecule has 0 amide bonds. The first-order valence-corrected chi connectivity index (χ1v) is 3.74. The topological polar surface area (TPSA) is 0 Å². The van der Waals surface area contributed by atoms with E-state index in [0.29, 0.717) is 0 Å². The van der Waals surface area contributed by atoms with E-state index in [1.807, 2.05) is 0 Å². The van der Waals surface area contributed by atoms with Crippen LogP contribution in [0.5, 0.6) is 0 Å². The van der Waals surface area contributed by atoms with Crippen LogP contribution in [0.2, 0.25) is 0 Å². The van der Waals surface area contributed by atoms with Crippen molar-refractivity contribution < 1.29 is 0 Å². The molecular weight excluding hydrogens is 120 g/mol. The Kier molecular flexibility index (Phi) is 2.10. The standard InChI is InChI=1S/C10H14/c1-8(2)10-7-5-4-6-9(10)3/h5,7H,1,4,6H2,2-3H3. The van der Waals surface area contributed by atoms with E-state index in [2.05, 4.69) is 32.6 Å². The fraction of sp³-hybridized carbons (Fsp3) is 0.400. The molecule has 0 spiro atoms. The fourth-order valence-corrected chi connectivity index (χ4v) is 1.28. The lowest BCUT2D eigenvalue weighted by Gasteiger charge is -2.11. The van der Waals surface area contributed by atoms with Crippen molar-refractivity contribution in [1.29, 1.82) is 0 Å². The zero-order valence-electron chi connectivity index (χ0n) is 6.78. The Morgan fingerprint density at radius 1 is 1.60 bits per heavy atom. The highest BCUT2D eigenvalue weighted by Gasteiger charge is 2.02. The third-order valence-electron chi connectivity index (χ3n) is 1.89. The minimum absolute atomic E-state index is 1.19. The fourth-order valence-electron chi connectivity index (χ4n) is 1.28. The van der Waals surface area contributed by atoms with E-state index in [1.54, 1.807) is 0 Å². The van der Waals surface area contributed by atoms with Gasteiger partial charge in [0.2, 0.25) is 0 Å². The summed E-state index contributed by atoms with van der Waals surface area (Å²) in [5.41, 5.74) is 4.02. The number of allylic oxidation sites excluding steroid dienone is 5. The quantitative estimate of drug-likeness (QED) is 0.516. The van der Waals surface area contributed by atoms with Gasteiger partial charge in [-0.15, -0.1) is 0 Å². The summed E-state index contributed by atoms with van der Waals surface area (Å²) in [5.74, 6) is 0. The van der Waals surface area contributed by atoms with Crippen LogP contribution < -0.4 is 0 Å². The largest absolute Gasteiger partial charge is 0.0955 e. The van der Waals surface area contributed by atoms with Gasteiger partial charge in [0.1, 0.15) is 0 Å². The summed E-state index contributed by atoms with van der Waals surface area (Å²) in [6.07, 6.45) is 6.81. The van der Waals surface area contributed by atoms with E-state index >= 15 is 0 Å². The zero-order valence-corrected chi connectivity index (χ0v) is 6.78. The van der Waals surface area contributed by atoms with Crippen molar-refractivity contribution in [3.05, 3.63) is 35.5 Å². The second-order valence-corrected chi connectivity index (χ2v) is 2.92. The minimum atomic E-state index is 1.19. The Morgan fingerprint density at radius 3 is 2.70 bits per heavy atom. The molecule has 0 aromatic heterocycles. The average molecular weight is 134 g/mol. The minimum Gasteiger partial charge on any atom is -0.0955 e. The van der Waals surface area contributed by atoms with E-state index in [0.717, 1.165) is 0 Å². The molecule has 0 saturated heterocycles. The molecule has 0 fully saturated rings. The highest BCUT2D eigenvalue weighted by molar-refractivity contribution is 5.42. The molecule has 0 nitrogen and oxygen atoms in total. The van der Waals surface area contributed by atoms with Crippen molar-refractivity contribution in [1.82, 2.24) is 0 Å². The van der Waals surface area contributed by atoms with Crippen molar-refractivity contribution >= 4 is 0 Å². The van der Waals surface area contributed by atoms with Gasteiger partial charge in [-0.1, -0.05) is 29.9 Å². The number of hydrogen-bond acceptors (Lipinski definition) is 0. The molecule has 0 unspecified atom stereocenters. The molecule has 0 N–H and O–H groups in total. The van der Waals surface area contributed by atoms with Crippen molar-refractivity contribution in [2.45, 2.75) is 26.7 Å². The molecule has 54 valence electrons. The molecule has 0 bridgehead atoms. The lowest BCUT2D eigenvalue weighted by atomic mass is 9.95. The molecule has 0 atom stereocenters. The van der Waals surface area contributed by atoms with Crippen LogP contribution in [-0.4, -0.2) is 0 Å². The normalized spacial score (nSPS) is 17.8. The molecular formula is C10H14. The summed E-state index contributed by atoms with van der Waals surface area (Å²) in [7, 11) is 0. The van der Waals surface area contributed by atoms with Gasteiger partial charge in [0, 0.05) is 0 Å². The molecule has 1 aliphatic rings. The molecule has 1 aliphatic carbocycles. The smallest absolute Gasteiger partial charge is 0.0247 e. The van der Waals surface area contributed by atoms with Crippen LogP contribution >= 0.6 is 0 Å². The Balaban J connectivity index is 2.90. The van der Waals surface area contributed by atoms with Crippen LogP contribution in [0.25, 0.3) is 0 Å². The third kappa shape index (κ3) is 1.38. The summed E-state index contributed by atoms with van der Waals surface area (Å²) >= 11 is 0. The van der Waals surface area contributed by atoms with Gasteiger partial charge < -0.3 is 0 Å². The van der Waals surface area contributed by atoms with Crippen molar-refractivity contribution in [3.63, 3.8) is 0 Å². The van der Waals surface area contributed by atoms with Crippen LogP contribution in [0.4, 0.5) is 0 Å². The number of hydrogen-bond donors (Lipinski definition) is 0. The summed E-state index contributed by atoms with van der Waals surface area (Å²) in [6.45, 7) is 8.17. The molecule has 0 heteroatoms.